The molecule has 2 aromatic rings. The highest BCUT2D eigenvalue weighted by molar-refractivity contribution is 5.97. The van der Waals surface area contributed by atoms with Crippen molar-refractivity contribution >= 4 is 11.8 Å². The van der Waals surface area contributed by atoms with Gasteiger partial charge in [-0.15, -0.1) is 0 Å². The summed E-state index contributed by atoms with van der Waals surface area (Å²) in [7, 11) is 1.57. The Bertz CT molecular complexity index is 700. The van der Waals surface area contributed by atoms with E-state index >= 15 is 0 Å². The predicted molar refractivity (Wildman–Crippen MR) is 95.2 cm³/mol. The molecule has 1 aromatic heterocycles. The molecule has 2 N–H and O–H groups in total. The number of carbonyl (C=O) groups is 2. The van der Waals surface area contributed by atoms with Crippen LogP contribution in [0.25, 0.3) is 0 Å². The van der Waals surface area contributed by atoms with Crippen molar-refractivity contribution in [2.45, 2.75) is 26.4 Å². The molecular formula is C19H23N3O3. The second kappa shape index (κ2) is 8.82. The number of pyridine rings is 1. The van der Waals surface area contributed by atoms with E-state index in [1.54, 1.807) is 43.8 Å². The molecule has 2 amide bonds. The molecule has 0 radical (unpaired) electrons. The molecular weight excluding hydrogens is 318 g/mol. The van der Waals surface area contributed by atoms with Gasteiger partial charge in [-0.1, -0.05) is 13.8 Å². The average molecular weight is 341 g/mol. The molecule has 1 heterocycles. The van der Waals surface area contributed by atoms with Gasteiger partial charge < -0.3 is 15.4 Å². The highest BCUT2D eigenvalue weighted by Gasteiger charge is 2.24. The third-order valence-electron chi connectivity index (χ3n) is 3.80. The Morgan fingerprint density at radius 2 is 1.72 bits per heavy atom. The topological polar surface area (TPSA) is 80.3 Å². The maximum atomic E-state index is 12.5. The zero-order valence-electron chi connectivity index (χ0n) is 14.7. The Morgan fingerprint density at radius 1 is 1.08 bits per heavy atom. The van der Waals surface area contributed by atoms with Crippen LogP contribution in [0.15, 0.2) is 48.8 Å². The van der Waals surface area contributed by atoms with E-state index in [1.807, 2.05) is 26.0 Å². The van der Waals surface area contributed by atoms with Gasteiger partial charge in [-0.05, 0) is 47.9 Å². The highest BCUT2D eigenvalue weighted by Crippen LogP contribution is 2.12. The van der Waals surface area contributed by atoms with Gasteiger partial charge in [-0.3, -0.25) is 14.6 Å². The number of amides is 2. The Hall–Kier alpha value is -2.89. The van der Waals surface area contributed by atoms with Gasteiger partial charge >= 0.3 is 0 Å². The fourth-order valence-corrected chi connectivity index (χ4v) is 2.30. The van der Waals surface area contributed by atoms with E-state index in [4.69, 9.17) is 4.74 Å². The van der Waals surface area contributed by atoms with E-state index in [0.717, 1.165) is 5.56 Å². The lowest BCUT2D eigenvalue weighted by Gasteiger charge is -2.22. The maximum absolute atomic E-state index is 12.5. The largest absolute Gasteiger partial charge is 0.497 e. The van der Waals surface area contributed by atoms with Crippen molar-refractivity contribution < 1.29 is 14.3 Å². The van der Waals surface area contributed by atoms with Gasteiger partial charge in [-0.2, -0.15) is 0 Å². The molecule has 0 saturated carbocycles. The number of ether oxygens (including phenoxy) is 1. The second-order valence-electron chi connectivity index (χ2n) is 6.00. The Kier molecular flexibility index (Phi) is 6.51. The van der Waals surface area contributed by atoms with Crippen LogP contribution in [0.4, 0.5) is 0 Å². The van der Waals surface area contributed by atoms with Crippen LogP contribution < -0.4 is 15.4 Å². The monoisotopic (exact) mass is 341 g/mol. The Labute approximate surface area is 147 Å². The maximum Gasteiger partial charge on any atom is 0.251 e. The number of aromatic nitrogens is 1. The molecule has 0 bridgehead atoms. The molecule has 6 heteroatoms. The third-order valence-corrected chi connectivity index (χ3v) is 3.80. The average Bonchev–Trinajstić information content (AvgIpc) is 2.64. The minimum atomic E-state index is -0.614. The van der Waals surface area contributed by atoms with Crippen molar-refractivity contribution in [1.29, 1.82) is 0 Å². The van der Waals surface area contributed by atoms with Gasteiger partial charge in [0, 0.05) is 24.5 Å². The second-order valence-corrected chi connectivity index (χ2v) is 6.00. The zero-order valence-corrected chi connectivity index (χ0v) is 14.7. The lowest BCUT2D eigenvalue weighted by atomic mass is 10.0. The van der Waals surface area contributed by atoms with Crippen LogP contribution in [0, 0.1) is 5.92 Å². The molecule has 0 aliphatic rings. The van der Waals surface area contributed by atoms with E-state index in [-0.39, 0.29) is 17.7 Å². The zero-order chi connectivity index (χ0) is 18.2. The number of hydrogen-bond donors (Lipinski definition) is 2. The molecule has 132 valence electrons. The summed E-state index contributed by atoms with van der Waals surface area (Å²) < 4.78 is 5.08. The van der Waals surface area contributed by atoms with Gasteiger partial charge in [0.2, 0.25) is 5.91 Å². The summed E-state index contributed by atoms with van der Waals surface area (Å²) in [5.41, 5.74) is 1.43. The molecule has 25 heavy (non-hydrogen) atoms. The highest BCUT2D eigenvalue weighted by atomic mass is 16.5. The summed E-state index contributed by atoms with van der Waals surface area (Å²) in [6, 6.07) is 9.81. The molecule has 1 atom stereocenters. The molecule has 2 rings (SSSR count). The predicted octanol–water partition coefficient (Wildman–Crippen LogP) is 2.16. The van der Waals surface area contributed by atoms with Gasteiger partial charge in [0.25, 0.3) is 5.91 Å². The van der Waals surface area contributed by atoms with Crippen molar-refractivity contribution in [3.63, 3.8) is 0 Å². The molecule has 0 saturated heterocycles. The molecule has 0 aliphatic heterocycles. The van der Waals surface area contributed by atoms with E-state index in [0.29, 0.717) is 17.9 Å². The number of nitrogens with zero attached hydrogens (tertiary/aromatic N) is 1. The van der Waals surface area contributed by atoms with Gasteiger partial charge in [0.15, 0.2) is 0 Å². The SMILES string of the molecule is COc1ccc(C(=O)NC(C(=O)NCc2ccncc2)C(C)C)cc1. The van der Waals surface area contributed by atoms with Crippen LogP contribution in [0.1, 0.15) is 29.8 Å². The fraction of sp³-hybridized carbons (Fsp3) is 0.316. The van der Waals surface area contributed by atoms with Crippen LogP contribution in [0.5, 0.6) is 5.75 Å². The third kappa shape index (κ3) is 5.31. The number of carbonyl (C=O) groups excluding carboxylic acids is 2. The number of nitrogens with one attached hydrogen (secondary N) is 2. The smallest absolute Gasteiger partial charge is 0.251 e. The normalized spacial score (nSPS) is 11.7. The number of benzene rings is 1. The Balaban J connectivity index is 1.98. The quantitative estimate of drug-likeness (QED) is 0.809. The molecule has 0 fully saturated rings. The first-order valence-corrected chi connectivity index (χ1v) is 8.12. The minimum Gasteiger partial charge on any atom is -0.497 e. The van der Waals surface area contributed by atoms with Crippen LogP contribution >= 0.6 is 0 Å². The summed E-state index contributed by atoms with van der Waals surface area (Å²) in [6.07, 6.45) is 3.35. The number of methoxy groups -OCH3 is 1. The van der Waals surface area contributed by atoms with E-state index in [2.05, 4.69) is 15.6 Å². The van der Waals surface area contributed by atoms with Crippen molar-refractivity contribution in [3.05, 3.63) is 59.9 Å². The van der Waals surface area contributed by atoms with Crippen LogP contribution in [-0.2, 0) is 11.3 Å². The number of hydrogen-bond acceptors (Lipinski definition) is 4. The standard InChI is InChI=1S/C19H23N3O3/c1-13(2)17(19(24)21-12-14-8-10-20-11-9-14)22-18(23)15-4-6-16(25-3)7-5-15/h4-11,13,17H,12H2,1-3H3,(H,21,24)(H,22,23). The van der Waals surface area contributed by atoms with Crippen molar-refractivity contribution in [2.75, 3.05) is 7.11 Å². The van der Waals surface area contributed by atoms with Crippen molar-refractivity contribution in [1.82, 2.24) is 15.6 Å². The molecule has 0 aliphatic carbocycles. The lowest BCUT2D eigenvalue weighted by Crippen LogP contribution is -2.49. The van der Waals surface area contributed by atoms with E-state index < -0.39 is 6.04 Å². The summed E-state index contributed by atoms with van der Waals surface area (Å²) in [6.45, 7) is 4.18. The first-order valence-electron chi connectivity index (χ1n) is 8.12. The summed E-state index contributed by atoms with van der Waals surface area (Å²) in [4.78, 5) is 28.8. The van der Waals surface area contributed by atoms with Crippen LogP contribution in [0.2, 0.25) is 0 Å². The van der Waals surface area contributed by atoms with Gasteiger partial charge in [0.05, 0.1) is 7.11 Å². The summed E-state index contributed by atoms with van der Waals surface area (Å²) >= 11 is 0. The van der Waals surface area contributed by atoms with E-state index in [9.17, 15) is 9.59 Å². The molecule has 6 nitrogen and oxygen atoms in total. The molecule has 1 unspecified atom stereocenters. The van der Waals surface area contributed by atoms with E-state index in [1.165, 1.54) is 0 Å². The first-order chi connectivity index (χ1) is 12.0. The Morgan fingerprint density at radius 3 is 2.28 bits per heavy atom. The van der Waals surface area contributed by atoms with Crippen molar-refractivity contribution in [2.24, 2.45) is 5.92 Å². The molecule has 0 spiro atoms. The van der Waals surface area contributed by atoms with Crippen molar-refractivity contribution in [3.8, 4) is 5.75 Å². The molecule has 1 aromatic carbocycles. The van der Waals surface area contributed by atoms with Crippen LogP contribution in [0.3, 0.4) is 0 Å². The minimum absolute atomic E-state index is 0.0420. The summed E-state index contributed by atoms with van der Waals surface area (Å²) in [5.74, 6) is 0.126. The summed E-state index contributed by atoms with van der Waals surface area (Å²) in [5, 5.41) is 5.66. The number of rotatable bonds is 7. The van der Waals surface area contributed by atoms with Gasteiger partial charge in [0.1, 0.15) is 11.8 Å². The fourth-order valence-electron chi connectivity index (χ4n) is 2.30. The van der Waals surface area contributed by atoms with Crippen LogP contribution in [-0.4, -0.2) is 29.9 Å². The van der Waals surface area contributed by atoms with Gasteiger partial charge in [-0.25, -0.2) is 0 Å². The first kappa shape index (κ1) is 18.4. The lowest BCUT2D eigenvalue weighted by molar-refractivity contribution is -0.124.